The monoisotopic (exact) mass is 486 g/mol. The number of piperazine rings is 1. The molecule has 0 radical (unpaired) electrons. The molecule has 9 heteroatoms. The molecule has 2 aromatic carbocycles. The fraction of sp³-hybridized carbons (Fsp3) is 0.333. The van der Waals surface area contributed by atoms with E-state index in [0.717, 1.165) is 52.6 Å². The van der Waals surface area contributed by atoms with Crippen LogP contribution in [-0.2, 0) is 0 Å². The zero-order valence-corrected chi connectivity index (χ0v) is 20.3. The summed E-state index contributed by atoms with van der Waals surface area (Å²) >= 11 is 0. The maximum atomic E-state index is 13.3. The Morgan fingerprint density at radius 1 is 0.972 bits per heavy atom. The third kappa shape index (κ3) is 4.04. The van der Waals surface area contributed by atoms with Crippen molar-refractivity contribution in [1.29, 1.82) is 0 Å². The lowest BCUT2D eigenvalue weighted by atomic mass is 10.1. The van der Waals surface area contributed by atoms with Crippen LogP contribution in [0.3, 0.4) is 0 Å². The molecular formula is C27H27FN6O2. The lowest BCUT2D eigenvalue weighted by molar-refractivity contribution is 0.0746. The minimum Gasteiger partial charge on any atom is -0.497 e. The molecule has 8 nitrogen and oxygen atoms in total. The van der Waals surface area contributed by atoms with E-state index in [2.05, 4.69) is 4.90 Å². The molecular weight excluding hydrogens is 459 g/mol. The molecule has 36 heavy (non-hydrogen) atoms. The lowest BCUT2D eigenvalue weighted by Crippen LogP contribution is -2.49. The Morgan fingerprint density at radius 3 is 2.31 bits per heavy atom. The standard InChI is InChI=1S/C27H27FN6O2/c1-17-23-25(32-13-15-33(16-14-32)27(35)19-5-7-20(28)8-6-19)29-24(18-3-4-18)30-26(23)34(31-17)21-9-11-22(36-2)12-10-21/h5-12,18H,3-4,13-16H2,1-2H3. The number of aromatic nitrogens is 4. The molecule has 0 unspecified atom stereocenters. The maximum Gasteiger partial charge on any atom is 0.253 e. The van der Waals surface area contributed by atoms with E-state index in [4.69, 9.17) is 19.8 Å². The number of hydrogen-bond donors (Lipinski definition) is 0. The van der Waals surface area contributed by atoms with Crippen molar-refractivity contribution in [1.82, 2.24) is 24.6 Å². The first-order chi connectivity index (χ1) is 17.5. The predicted molar refractivity (Wildman–Crippen MR) is 134 cm³/mol. The number of carbonyl (C=O) groups is 1. The third-order valence-electron chi connectivity index (χ3n) is 6.92. The van der Waals surface area contributed by atoms with E-state index >= 15 is 0 Å². The molecule has 184 valence electrons. The number of rotatable bonds is 5. The first-order valence-corrected chi connectivity index (χ1v) is 12.2. The fourth-order valence-corrected chi connectivity index (χ4v) is 4.73. The van der Waals surface area contributed by atoms with Gasteiger partial charge in [-0.1, -0.05) is 0 Å². The van der Waals surface area contributed by atoms with Crippen molar-refractivity contribution in [2.45, 2.75) is 25.7 Å². The highest BCUT2D eigenvalue weighted by molar-refractivity contribution is 5.95. The normalized spacial score (nSPS) is 16.0. The van der Waals surface area contributed by atoms with Crippen molar-refractivity contribution in [3.05, 3.63) is 71.4 Å². The molecule has 0 atom stereocenters. The number of aryl methyl sites for hydroxylation is 1. The second-order valence-electron chi connectivity index (χ2n) is 9.36. The third-order valence-corrected chi connectivity index (χ3v) is 6.92. The van der Waals surface area contributed by atoms with Gasteiger partial charge in [-0.2, -0.15) is 5.10 Å². The van der Waals surface area contributed by atoms with Crippen LogP contribution in [0.4, 0.5) is 10.2 Å². The summed E-state index contributed by atoms with van der Waals surface area (Å²) in [5, 5.41) is 5.77. The van der Waals surface area contributed by atoms with E-state index in [1.807, 2.05) is 40.8 Å². The Labute approximate surface area is 208 Å². The van der Waals surface area contributed by atoms with Gasteiger partial charge in [-0.15, -0.1) is 0 Å². The zero-order valence-electron chi connectivity index (χ0n) is 20.3. The van der Waals surface area contributed by atoms with Crippen LogP contribution in [0.25, 0.3) is 16.7 Å². The average molecular weight is 487 g/mol. The lowest BCUT2D eigenvalue weighted by Gasteiger charge is -2.35. The van der Waals surface area contributed by atoms with Gasteiger partial charge in [0, 0.05) is 37.7 Å². The quantitative estimate of drug-likeness (QED) is 0.423. The molecule has 3 heterocycles. The molecule has 1 saturated carbocycles. The number of nitrogens with zero attached hydrogens (tertiary/aromatic N) is 6. The Hall–Kier alpha value is -4.01. The summed E-state index contributed by atoms with van der Waals surface area (Å²) in [5.41, 5.74) is 3.08. The highest BCUT2D eigenvalue weighted by atomic mass is 19.1. The molecule has 0 bridgehead atoms. The first-order valence-electron chi connectivity index (χ1n) is 12.2. The molecule has 2 aromatic heterocycles. The molecule has 1 saturated heterocycles. The van der Waals surface area contributed by atoms with Gasteiger partial charge in [0.2, 0.25) is 0 Å². The predicted octanol–water partition coefficient (Wildman–Crippen LogP) is 4.11. The van der Waals surface area contributed by atoms with Gasteiger partial charge in [0.1, 0.15) is 23.2 Å². The second-order valence-corrected chi connectivity index (χ2v) is 9.36. The average Bonchev–Trinajstić information content (AvgIpc) is 3.72. The van der Waals surface area contributed by atoms with Crippen molar-refractivity contribution in [3.8, 4) is 11.4 Å². The van der Waals surface area contributed by atoms with E-state index in [1.165, 1.54) is 24.3 Å². The Kier molecular flexibility index (Phi) is 5.55. The number of amides is 1. The topological polar surface area (TPSA) is 76.4 Å². The summed E-state index contributed by atoms with van der Waals surface area (Å²) < 4.78 is 20.5. The Morgan fingerprint density at radius 2 is 1.67 bits per heavy atom. The van der Waals surface area contributed by atoms with Crippen LogP contribution in [0, 0.1) is 12.7 Å². The van der Waals surface area contributed by atoms with Crippen LogP contribution in [0.2, 0.25) is 0 Å². The summed E-state index contributed by atoms with van der Waals surface area (Å²) in [7, 11) is 1.65. The number of anilines is 1. The first kappa shape index (κ1) is 22.5. The van der Waals surface area contributed by atoms with E-state index in [-0.39, 0.29) is 11.7 Å². The van der Waals surface area contributed by atoms with Crippen LogP contribution < -0.4 is 9.64 Å². The summed E-state index contributed by atoms with van der Waals surface area (Å²) in [6.07, 6.45) is 2.20. The Bertz CT molecular complexity index is 1420. The van der Waals surface area contributed by atoms with Crippen molar-refractivity contribution in [2.24, 2.45) is 0 Å². The zero-order chi connectivity index (χ0) is 24.8. The highest BCUT2D eigenvalue weighted by Crippen LogP contribution is 2.40. The van der Waals surface area contributed by atoms with E-state index in [9.17, 15) is 9.18 Å². The molecule has 6 rings (SSSR count). The van der Waals surface area contributed by atoms with E-state index in [1.54, 1.807) is 7.11 Å². The van der Waals surface area contributed by atoms with Crippen molar-refractivity contribution >= 4 is 22.8 Å². The summed E-state index contributed by atoms with van der Waals surface area (Å²) in [4.78, 5) is 26.9. The van der Waals surface area contributed by atoms with Crippen LogP contribution in [-0.4, -0.2) is 63.8 Å². The molecule has 1 aliphatic heterocycles. The van der Waals surface area contributed by atoms with Crippen molar-refractivity contribution < 1.29 is 13.9 Å². The van der Waals surface area contributed by atoms with Crippen LogP contribution in [0.15, 0.2) is 48.5 Å². The van der Waals surface area contributed by atoms with Crippen LogP contribution >= 0.6 is 0 Å². The molecule has 1 amide bonds. The number of halogens is 1. The maximum absolute atomic E-state index is 13.3. The van der Waals surface area contributed by atoms with Gasteiger partial charge in [-0.05, 0) is 68.3 Å². The molecule has 4 aromatic rings. The molecule has 2 aliphatic rings. The SMILES string of the molecule is COc1ccc(-n2nc(C)c3c(N4CCN(C(=O)c5ccc(F)cc5)CC4)nc(C4CC4)nc32)cc1. The van der Waals surface area contributed by atoms with Gasteiger partial charge in [0.15, 0.2) is 5.65 Å². The van der Waals surface area contributed by atoms with Gasteiger partial charge in [0.05, 0.1) is 23.9 Å². The fourth-order valence-electron chi connectivity index (χ4n) is 4.73. The summed E-state index contributed by atoms with van der Waals surface area (Å²) in [6, 6.07) is 13.5. The van der Waals surface area contributed by atoms with Gasteiger partial charge in [-0.3, -0.25) is 4.79 Å². The van der Waals surface area contributed by atoms with Crippen LogP contribution in [0.1, 0.15) is 40.6 Å². The van der Waals surface area contributed by atoms with E-state index in [0.29, 0.717) is 37.7 Å². The highest BCUT2D eigenvalue weighted by Gasteiger charge is 2.31. The van der Waals surface area contributed by atoms with Gasteiger partial charge < -0.3 is 14.5 Å². The number of hydrogen-bond acceptors (Lipinski definition) is 6. The molecule has 1 aliphatic carbocycles. The number of fused-ring (bicyclic) bond motifs is 1. The van der Waals surface area contributed by atoms with Crippen molar-refractivity contribution in [3.63, 3.8) is 0 Å². The van der Waals surface area contributed by atoms with Crippen LogP contribution in [0.5, 0.6) is 5.75 Å². The largest absolute Gasteiger partial charge is 0.497 e. The van der Waals surface area contributed by atoms with Gasteiger partial charge in [-0.25, -0.2) is 19.0 Å². The second kappa shape index (κ2) is 8.89. The molecule has 0 spiro atoms. The minimum absolute atomic E-state index is 0.0790. The Balaban J connectivity index is 1.32. The summed E-state index contributed by atoms with van der Waals surface area (Å²) in [5.74, 6) is 2.49. The smallest absolute Gasteiger partial charge is 0.253 e. The number of carbonyl (C=O) groups excluding carboxylic acids is 1. The molecule has 2 fully saturated rings. The van der Waals surface area contributed by atoms with Crippen molar-refractivity contribution in [2.75, 3.05) is 38.2 Å². The number of methoxy groups -OCH3 is 1. The van der Waals surface area contributed by atoms with Gasteiger partial charge >= 0.3 is 0 Å². The molecule has 0 N–H and O–H groups in total. The summed E-state index contributed by atoms with van der Waals surface area (Å²) in [6.45, 7) is 4.41. The minimum atomic E-state index is -0.346. The number of ether oxygens (including phenoxy) is 1. The number of benzene rings is 2. The van der Waals surface area contributed by atoms with E-state index < -0.39 is 0 Å². The van der Waals surface area contributed by atoms with Gasteiger partial charge in [0.25, 0.3) is 5.91 Å².